The Bertz CT molecular complexity index is 774. The Morgan fingerprint density at radius 2 is 0.340 bits per heavy atom. The summed E-state index contributed by atoms with van der Waals surface area (Å²) < 4.78 is 0. The van der Waals surface area contributed by atoms with Crippen LogP contribution in [0.1, 0.15) is 198 Å². The van der Waals surface area contributed by atoms with Gasteiger partial charge in [-0.05, 0) is 75.0 Å². The van der Waals surface area contributed by atoms with E-state index in [4.69, 9.17) is 0 Å². The molecule has 296 valence electrons. The van der Waals surface area contributed by atoms with E-state index in [0.29, 0.717) is 0 Å². The zero-order valence-corrected chi connectivity index (χ0v) is 34.6. The maximum Gasteiger partial charge on any atom is 0 e. The molecule has 0 unspecified atom stereocenters. The van der Waals surface area contributed by atoms with Gasteiger partial charge in [-0.15, -0.1) is 0 Å². The fourth-order valence-corrected chi connectivity index (χ4v) is 6.98. The van der Waals surface area contributed by atoms with Crippen molar-refractivity contribution in [3.63, 3.8) is 0 Å². The van der Waals surface area contributed by atoms with Gasteiger partial charge in [0.25, 0.3) is 0 Å². The molecule has 0 saturated heterocycles. The van der Waals surface area contributed by atoms with E-state index in [0.717, 1.165) is 47.3 Å². The second-order valence-electron chi connectivity index (χ2n) is 17.8. The van der Waals surface area contributed by atoms with Crippen LogP contribution in [0.15, 0.2) is 48.5 Å². The highest BCUT2D eigenvalue weighted by molar-refractivity contribution is 5.20. The molecule has 0 heteroatoms. The summed E-state index contributed by atoms with van der Waals surface area (Å²) in [6.45, 7) is 27.3. The first-order chi connectivity index (χ1) is 22.7. The molecule has 0 amide bonds. The normalized spacial score (nSPS) is 28.4. The summed E-state index contributed by atoms with van der Waals surface area (Å²) in [6.07, 6.45) is 23.6. The lowest BCUT2D eigenvalue weighted by Gasteiger charge is -2.22. The van der Waals surface area contributed by atoms with Crippen LogP contribution in [-0.2, 0) is 0 Å². The topological polar surface area (TPSA) is 0 Å². The molecule has 0 spiro atoms. The first-order valence-corrected chi connectivity index (χ1v) is 20.8. The first kappa shape index (κ1) is 50.5. The second-order valence-corrected chi connectivity index (χ2v) is 17.8. The molecule has 4 aliphatic rings. The number of hydrogen-bond acceptors (Lipinski definition) is 0. The van der Waals surface area contributed by atoms with E-state index in [1.165, 1.54) is 125 Å². The third-order valence-electron chi connectivity index (χ3n) is 11.7. The fourth-order valence-electron chi connectivity index (χ4n) is 6.98. The van der Waals surface area contributed by atoms with Crippen molar-refractivity contribution in [2.45, 2.75) is 201 Å². The van der Waals surface area contributed by atoms with Crippen LogP contribution in [0.4, 0.5) is 0 Å². The molecule has 2 aromatic carbocycles. The van der Waals surface area contributed by atoms with Crippen molar-refractivity contribution < 1.29 is 2.85 Å². The molecule has 0 radical (unpaired) electrons. The van der Waals surface area contributed by atoms with E-state index in [9.17, 15) is 0 Å². The monoisotopic (exact) mass is 697 g/mol. The highest BCUT2D eigenvalue weighted by Crippen LogP contribution is 2.29. The van der Waals surface area contributed by atoms with Crippen molar-refractivity contribution in [3.05, 3.63) is 70.8 Å². The highest BCUT2D eigenvalue weighted by atomic mass is 14.2. The van der Waals surface area contributed by atoms with Crippen LogP contribution >= 0.6 is 0 Å². The van der Waals surface area contributed by atoms with Gasteiger partial charge in [0.15, 0.2) is 0 Å². The summed E-state index contributed by atoms with van der Waals surface area (Å²) in [7, 11) is 0. The number of benzene rings is 2. The summed E-state index contributed by atoms with van der Waals surface area (Å²) in [4.78, 5) is 0. The summed E-state index contributed by atoms with van der Waals surface area (Å²) in [5.41, 5.74) is 5.32. The number of aryl methyl sites for hydroxylation is 4. The Balaban J connectivity index is -0.000000262. The van der Waals surface area contributed by atoms with E-state index in [2.05, 4.69) is 132 Å². The summed E-state index contributed by atoms with van der Waals surface area (Å²) in [6, 6.07) is 17.0. The van der Waals surface area contributed by atoms with Crippen molar-refractivity contribution in [3.8, 4) is 0 Å². The number of hydrogen-bond donors (Lipinski definition) is 0. The standard InChI is InChI=1S/4C8H16.2C8H10.2CH4.2H2/c6*1-7-3-5-8(2)6-4-7;;;;/h4*7-8H,3-6H2,1-2H3;2*3-6H,1-2H3;2*1H4;2*1H. The Morgan fingerprint density at radius 3 is 0.420 bits per heavy atom. The lowest BCUT2D eigenvalue weighted by molar-refractivity contribution is 0.308. The minimum atomic E-state index is 0. The van der Waals surface area contributed by atoms with E-state index in [1.807, 2.05) is 0 Å². The molecule has 6 rings (SSSR count). The molecule has 0 aliphatic heterocycles. The van der Waals surface area contributed by atoms with Crippen LogP contribution in [0.3, 0.4) is 0 Å². The Labute approximate surface area is 320 Å². The van der Waals surface area contributed by atoms with Gasteiger partial charge in [-0.25, -0.2) is 0 Å². The maximum absolute atomic E-state index is 2.37. The molecule has 4 fully saturated rings. The molecule has 50 heavy (non-hydrogen) atoms. The lowest BCUT2D eigenvalue weighted by Crippen LogP contribution is -2.08. The van der Waals surface area contributed by atoms with Gasteiger partial charge in [-0.2, -0.15) is 0 Å². The van der Waals surface area contributed by atoms with Crippen LogP contribution in [-0.4, -0.2) is 0 Å². The summed E-state index contributed by atoms with van der Waals surface area (Å²) in [5, 5.41) is 0. The lowest BCUT2D eigenvalue weighted by atomic mass is 9.84. The molecule has 0 N–H and O–H groups in total. The van der Waals surface area contributed by atoms with Gasteiger partial charge in [-0.3, -0.25) is 0 Å². The molecule has 0 aromatic heterocycles. The first-order valence-electron chi connectivity index (χ1n) is 20.8. The van der Waals surface area contributed by atoms with Gasteiger partial charge < -0.3 is 0 Å². The van der Waals surface area contributed by atoms with Crippen LogP contribution in [0, 0.1) is 75.0 Å². The molecule has 4 saturated carbocycles. The second kappa shape index (κ2) is 30.0. The summed E-state index contributed by atoms with van der Waals surface area (Å²) in [5.74, 6) is 8.16. The van der Waals surface area contributed by atoms with E-state index in [-0.39, 0.29) is 17.7 Å². The zero-order chi connectivity index (χ0) is 35.9. The van der Waals surface area contributed by atoms with Crippen molar-refractivity contribution in [2.75, 3.05) is 0 Å². The van der Waals surface area contributed by atoms with Gasteiger partial charge in [0.2, 0.25) is 0 Å². The SMILES string of the molecule is C.C.CC1CCC(C)CC1.CC1CCC(C)CC1.CC1CCC(C)CC1.CC1CCC(C)CC1.Cc1ccc(C)cc1.Cc1ccc(C)cc1.[HH].[HH]. The molecule has 0 nitrogen and oxygen atoms in total. The molecular formula is C50H96. The van der Waals surface area contributed by atoms with Crippen LogP contribution in [0.25, 0.3) is 0 Å². The Hall–Kier alpha value is -1.56. The quantitative estimate of drug-likeness (QED) is 0.257. The molecule has 0 atom stereocenters. The fraction of sp³-hybridized carbons (Fsp3) is 0.760. The van der Waals surface area contributed by atoms with Crippen molar-refractivity contribution in [2.24, 2.45) is 47.3 Å². The van der Waals surface area contributed by atoms with Gasteiger partial charge in [0, 0.05) is 2.85 Å². The third kappa shape index (κ3) is 28.1. The van der Waals surface area contributed by atoms with Gasteiger partial charge in [0.1, 0.15) is 0 Å². The predicted octanol–water partition coefficient (Wildman–Crippen LogP) is 17.7. The molecule has 0 bridgehead atoms. The van der Waals surface area contributed by atoms with Crippen LogP contribution in [0.2, 0.25) is 0 Å². The minimum absolute atomic E-state index is 0. The molecule has 2 aromatic rings. The molecular weight excluding hydrogens is 601 g/mol. The zero-order valence-electron chi connectivity index (χ0n) is 34.6. The van der Waals surface area contributed by atoms with Crippen LogP contribution in [0.5, 0.6) is 0 Å². The van der Waals surface area contributed by atoms with Crippen molar-refractivity contribution in [1.29, 1.82) is 0 Å². The van der Waals surface area contributed by atoms with Crippen molar-refractivity contribution in [1.82, 2.24) is 0 Å². The average molecular weight is 697 g/mol. The molecule has 4 aliphatic carbocycles. The predicted molar refractivity (Wildman–Crippen MR) is 237 cm³/mol. The largest absolute Gasteiger partial charge is 0.0776 e. The summed E-state index contributed by atoms with van der Waals surface area (Å²) >= 11 is 0. The van der Waals surface area contributed by atoms with Gasteiger partial charge in [-0.1, -0.05) is 244 Å². The average Bonchev–Trinajstić information content (AvgIpc) is 3.07. The number of rotatable bonds is 0. The maximum atomic E-state index is 2.37. The Kier molecular flexibility index (Phi) is 30.3. The van der Waals surface area contributed by atoms with Crippen LogP contribution < -0.4 is 0 Å². The van der Waals surface area contributed by atoms with Crippen molar-refractivity contribution >= 4 is 0 Å². The smallest absolute Gasteiger partial charge is 0 e. The molecule has 0 heterocycles. The Morgan fingerprint density at radius 1 is 0.260 bits per heavy atom. The van der Waals surface area contributed by atoms with E-state index >= 15 is 0 Å². The highest BCUT2D eigenvalue weighted by Gasteiger charge is 2.15. The van der Waals surface area contributed by atoms with Gasteiger partial charge >= 0.3 is 0 Å². The van der Waals surface area contributed by atoms with E-state index < -0.39 is 0 Å². The van der Waals surface area contributed by atoms with E-state index in [1.54, 1.807) is 0 Å². The van der Waals surface area contributed by atoms with Gasteiger partial charge in [0.05, 0.1) is 0 Å². The third-order valence-corrected chi connectivity index (χ3v) is 11.7. The minimum Gasteiger partial charge on any atom is -0.0776 e.